The molecule has 0 saturated carbocycles. The lowest BCUT2D eigenvalue weighted by atomic mass is 10.1. The quantitative estimate of drug-likeness (QED) is 0.787. The lowest BCUT2D eigenvalue weighted by Gasteiger charge is -2.30. The third-order valence-corrected chi connectivity index (χ3v) is 5.48. The van der Waals surface area contributed by atoms with Gasteiger partial charge in [0.15, 0.2) is 6.04 Å². The van der Waals surface area contributed by atoms with E-state index in [0.29, 0.717) is 23.5 Å². The van der Waals surface area contributed by atoms with Gasteiger partial charge in [0.25, 0.3) is 17.7 Å². The molecule has 2 aromatic rings. The predicted octanol–water partition coefficient (Wildman–Crippen LogP) is 2.73. The highest BCUT2D eigenvalue weighted by atomic mass is 32.1. The summed E-state index contributed by atoms with van der Waals surface area (Å²) in [6.45, 7) is 5.82. The first kappa shape index (κ1) is 18.6. The van der Waals surface area contributed by atoms with Crippen molar-refractivity contribution in [3.8, 4) is 0 Å². The minimum absolute atomic E-state index is 0.292. The van der Waals surface area contributed by atoms with Gasteiger partial charge < -0.3 is 15.5 Å². The molecule has 8 heteroatoms. The van der Waals surface area contributed by atoms with Gasteiger partial charge in [-0.15, -0.1) is 11.3 Å². The van der Waals surface area contributed by atoms with E-state index in [9.17, 15) is 14.4 Å². The Kier molecular flexibility index (Phi) is 5.15. The molecule has 26 heavy (non-hydrogen) atoms. The van der Waals surface area contributed by atoms with E-state index in [4.69, 9.17) is 0 Å². The number of hydrogen-bond acceptors (Lipinski definition) is 5. The Morgan fingerprint density at radius 3 is 2.69 bits per heavy atom. The molecule has 1 unspecified atom stereocenters. The molecule has 3 amide bonds. The second kappa shape index (κ2) is 7.20. The topological polar surface area (TPSA) is 78.5 Å². The fraction of sp³-hybridized carbons (Fsp3) is 0.389. The largest absolute Gasteiger partial charge is 0.349 e. The second-order valence-corrected chi connectivity index (χ2v) is 8.87. The molecule has 0 bridgehead atoms. The molecule has 0 aliphatic carbocycles. The Hall–Kier alpha value is -2.19. The summed E-state index contributed by atoms with van der Waals surface area (Å²) in [4.78, 5) is 40.0. The van der Waals surface area contributed by atoms with Crippen molar-refractivity contribution in [3.63, 3.8) is 0 Å². The normalized spacial score (nSPS) is 17.5. The summed E-state index contributed by atoms with van der Waals surface area (Å²) in [5, 5.41) is 11.8. The van der Waals surface area contributed by atoms with Crippen LogP contribution in [0.5, 0.6) is 0 Å². The Morgan fingerprint density at radius 2 is 2.04 bits per heavy atom. The van der Waals surface area contributed by atoms with Crippen LogP contribution in [0.4, 0.5) is 5.00 Å². The number of fused-ring (bicyclic) bond motifs is 1. The average molecular weight is 392 g/mol. The molecule has 0 spiro atoms. The molecule has 138 valence electrons. The summed E-state index contributed by atoms with van der Waals surface area (Å²) >= 11 is 2.86. The van der Waals surface area contributed by atoms with Crippen molar-refractivity contribution in [3.05, 3.63) is 39.4 Å². The Bertz CT molecular complexity index is 821. The zero-order valence-corrected chi connectivity index (χ0v) is 16.5. The van der Waals surface area contributed by atoms with Gasteiger partial charge in [-0.05, 0) is 61.0 Å². The number of thiophene rings is 2. The minimum Gasteiger partial charge on any atom is -0.349 e. The molecule has 1 aliphatic heterocycles. The van der Waals surface area contributed by atoms with Crippen LogP contribution in [0.3, 0.4) is 0 Å². The van der Waals surface area contributed by atoms with Crippen LogP contribution >= 0.6 is 22.7 Å². The van der Waals surface area contributed by atoms with Crippen LogP contribution in [0, 0.1) is 0 Å². The Morgan fingerprint density at radius 1 is 1.27 bits per heavy atom. The number of carbonyl (C=O) groups excluding carboxylic acids is 3. The zero-order valence-electron chi connectivity index (χ0n) is 14.9. The maximum atomic E-state index is 13.0. The summed E-state index contributed by atoms with van der Waals surface area (Å²) in [5.41, 5.74) is 1.00. The van der Waals surface area contributed by atoms with Gasteiger partial charge in [0.2, 0.25) is 0 Å². The van der Waals surface area contributed by atoms with Gasteiger partial charge in [0.1, 0.15) is 5.00 Å². The fourth-order valence-electron chi connectivity index (χ4n) is 2.78. The maximum Gasteiger partial charge on any atom is 0.257 e. The van der Waals surface area contributed by atoms with E-state index in [2.05, 4.69) is 10.6 Å². The molecule has 0 radical (unpaired) electrons. The SMILES string of the molecule is CC(C)(C)NC(=O)C1C(=O)Nc2sccc2C(=O)N1CCc1ccsc1. The second-order valence-electron chi connectivity index (χ2n) is 7.17. The zero-order chi connectivity index (χ0) is 18.9. The Balaban J connectivity index is 1.92. The lowest BCUT2D eigenvalue weighted by molar-refractivity contribution is -0.134. The highest BCUT2D eigenvalue weighted by Gasteiger charge is 2.41. The molecule has 0 aromatic carbocycles. The van der Waals surface area contributed by atoms with E-state index < -0.39 is 23.4 Å². The smallest absolute Gasteiger partial charge is 0.257 e. The van der Waals surface area contributed by atoms with Crippen LogP contribution in [0.25, 0.3) is 0 Å². The molecule has 0 saturated heterocycles. The van der Waals surface area contributed by atoms with E-state index in [1.54, 1.807) is 22.8 Å². The number of amides is 3. The predicted molar refractivity (Wildman–Crippen MR) is 104 cm³/mol. The molecular formula is C18H21N3O3S2. The summed E-state index contributed by atoms with van der Waals surface area (Å²) < 4.78 is 0. The van der Waals surface area contributed by atoms with Crippen LogP contribution in [0.15, 0.2) is 28.3 Å². The van der Waals surface area contributed by atoms with E-state index in [1.807, 2.05) is 37.6 Å². The van der Waals surface area contributed by atoms with Crippen molar-refractivity contribution in [2.24, 2.45) is 0 Å². The number of hydrogen-bond donors (Lipinski definition) is 2. The summed E-state index contributed by atoms with van der Waals surface area (Å²) in [6.07, 6.45) is 0.585. The van der Waals surface area contributed by atoms with Crippen molar-refractivity contribution in [2.75, 3.05) is 11.9 Å². The first-order chi connectivity index (χ1) is 12.3. The lowest BCUT2D eigenvalue weighted by Crippen LogP contribution is -2.57. The molecule has 2 aromatic heterocycles. The number of nitrogens with one attached hydrogen (secondary N) is 2. The molecule has 3 heterocycles. The van der Waals surface area contributed by atoms with E-state index in [0.717, 1.165) is 5.56 Å². The molecule has 1 atom stereocenters. The molecule has 6 nitrogen and oxygen atoms in total. The van der Waals surface area contributed by atoms with Gasteiger partial charge in [-0.3, -0.25) is 14.4 Å². The van der Waals surface area contributed by atoms with Crippen LogP contribution in [0.2, 0.25) is 0 Å². The standard InChI is InChI=1S/C18H21N3O3S2/c1-18(2,3)20-15(23)13-14(22)19-16-12(6-9-26-16)17(24)21(13)7-4-11-5-8-25-10-11/h5-6,8-10,13H,4,7H2,1-3H3,(H,19,22)(H,20,23). The first-order valence-corrected chi connectivity index (χ1v) is 10.1. The third-order valence-electron chi connectivity index (χ3n) is 3.92. The van der Waals surface area contributed by atoms with Crippen LogP contribution < -0.4 is 10.6 Å². The molecular weight excluding hydrogens is 370 g/mol. The van der Waals surface area contributed by atoms with E-state index >= 15 is 0 Å². The van der Waals surface area contributed by atoms with Crippen molar-refractivity contribution in [1.29, 1.82) is 0 Å². The van der Waals surface area contributed by atoms with Gasteiger partial charge in [-0.1, -0.05) is 0 Å². The number of anilines is 1. The van der Waals surface area contributed by atoms with Crippen LogP contribution in [0.1, 0.15) is 36.7 Å². The van der Waals surface area contributed by atoms with E-state index in [-0.39, 0.29) is 5.91 Å². The average Bonchev–Trinajstić information content (AvgIpc) is 3.18. The minimum atomic E-state index is -1.19. The van der Waals surface area contributed by atoms with Crippen molar-refractivity contribution >= 4 is 45.4 Å². The summed E-state index contributed by atoms with van der Waals surface area (Å²) in [6, 6.07) is 2.47. The van der Waals surface area contributed by atoms with Crippen molar-refractivity contribution in [2.45, 2.75) is 38.8 Å². The van der Waals surface area contributed by atoms with Crippen molar-refractivity contribution < 1.29 is 14.4 Å². The third kappa shape index (κ3) is 3.96. The number of rotatable bonds is 4. The van der Waals surface area contributed by atoms with Crippen molar-refractivity contribution in [1.82, 2.24) is 10.2 Å². The maximum absolute atomic E-state index is 13.0. The highest BCUT2D eigenvalue weighted by molar-refractivity contribution is 7.14. The number of carbonyl (C=O) groups is 3. The summed E-state index contributed by atoms with van der Waals surface area (Å²) in [7, 11) is 0. The van der Waals surface area contributed by atoms with Gasteiger partial charge in [0.05, 0.1) is 5.56 Å². The molecule has 2 N–H and O–H groups in total. The highest BCUT2D eigenvalue weighted by Crippen LogP contribution is 2.29. The number of nitrogens with zero attached hydrogens (tertiary/aromatic N) is 1. The van der Waals surface area contributed by atoms with Crippen LogP contribution in [-0.2, 0) is 16.0 Å². The molecule has 3 rings (SSSR count). The monoisotopic (exact) mass is 391 g/mol. The fourth-order valence-corrected chi connectivity index (χ4v) is 4.27. The summed E-state index contributed by atoms with van der Waals surface area (Å²) in [5.74, 6) is -1.25. The van der Waals surface area contributed by atoms with Gasteiger partial charge in [0, 0.05) is 12.1 Å². The van der Waals surface area contributed by atoms with Gasteiger partial charge in [-0.25, -0.2) is 0 Å². The first-order valence-electron chi connectivity index (χ1n) is 8.29. The van der Waals surface area contributed by atoms with Gasteiger partial charge in [-0.2, -0.15) is 11.3 Å². The molecule has 1 aliphatic rings. The van der Waals surface area contributed by atoms with Gasteiger partial charge >= 0.3 is 0 Å². The molecule has 0 fully saturated rings. The van der Waals surface area contributed by atoms with Crippen LogP contribution in [-0.4, -0.2) is 40.7 Å². The Labute approximate surface area is 160 Å². The van der Waals surface area contributed by atoms with E-state index in [1.165, 1.54) is 16.2 Å².